The van der Waals surface area contributed by atoms with Crippen molar-refractivity contribution in [1.29, 1.82) is 0 Å². The Morgan fingerprint density at radius 3 is 2.27 bits per heavy atom. The van der Waals surface area contributed by atoms with Crippen LogP contribution in [0.25, 0.3) is 0 Å². The second-order valence-corrected chi connectivity index (χ2v) is 1.90. The van der Waals surface area contributed by atoms with E-state index in [1.165, 1.54) is 25.3 Å². The summed E-state index contributed by atoms with van der Waals surface area (Å²) in [6.07, 6.45) is -1.93. The van der Waals surface area contributed by atoms with E-state index < -0.39 is 6.18 Å². The Labute approximate surface area is 63.0 Å². The molecule has 2 nitrogen and oxygen atoms in total. The maximum Gasteiger partial charge on any atom is 0.411 e. The van der Waals surface area contributed by atoms with E-state index in [1.54, 1.807) is 0 Å². The quantitative estimate of drug-likeness (QED) is 0.450. The third-order valence-electron chi connectivity index (χ3n) is 0.796. The molecule has 0 aliphatic carbocycles. The Morgan fingerprint density at radius 1 is 1.36 bits per heavy atom. The summed E-state index contributed by atoms with van der Waals surface area (Å²) in [5, 5.41) is 0. The van der Waals surface area contributed by atoms with Crippen LogP contribution in [0.1, 0.15) is 0 Å². The average Bonchev–Trinajstić information content (AvgIpc) is 1.83. The number of allylic oxidation sites excluding steroid dienone is 1. The predicted octanol–water partition coefficient (Wildman–Crippen LogP) is 1.65. The van der Waals surface area contributed by atoms with E-state index in [4.69, 9.17) is 0 Å². The SMILES string of the molecule is CN=CN(C)/C=C/C(F)(F)F. The summed E-state index contributed by atoms with van der Waals surface area (Å²) in [7, 11) is 2.95. The van der Waals surface area contributed by atoms with E-state index in [0.29, 0.717) is 0 Å². The number of hydrogen-bond donors (Lipinski definition) is 0. The van der Waals surface area contributed by atoms with Crippen LogP contribution in [-0.2, 0) is 0 Å². The molecule has 11 heavy (non-hydrogen) atoms. The van der Waals surface area contributed by atoms with Crippen molar-refractivity contribution in [2.75, 3.05) is 14.1 Å². The molecule has 0 aliphatic heterocycles. The van der Waals surface area contributed by atoms with E-state index in [-0.39, 0.29) is 6.08 Å². The van der Waals surface area contributed by atoms with Crippen molar-refractivity contribution in [2.45, 2.75) is 6.18 Å². The van der Waals surface area contributed by atoms with Crippen molar-refractivity contribution >= 4 is 6.34 Å². The summed E-state index contributed by atoms with van der Waals surface area (Å²) < 4.78 is 34.5. The Bertz CT molecular complexity index is 160. The van der Waals surface area contributed by atoms with Crippen LogP contribution in [0.5, 0.6) is 0 Å². The van der Waals surface area contributed by atoms with Crippen LogP contribution in [0.4, 0.5) is 13.2 Å². The second kappa shape index (κ2) is 4.00. The molecular weight excluding hydrogens is 157 g/mol. The number of nitrogens with zero attached hydrogens (tertiary/aromatic N) is 2. The molecule has 0 heterocycles. The van der Waals surface area contributed by atoms with E-state index in [1.807, 2.05) is 0 Å². The van der Waals surface area contributed by atoms with Crippen molar-refractivity contribution in [2.24, 2.45) is 4.99 Å². The molecule has 0 radical (unpaired) electrons. The number of alkyl halides is 3. The smallest absolute Gasteiger partial charge is 0.342 e. The van der Waals surface area contributed by atoms with Gasteiger partial charge in [0.25, 0.3) is 0 Å². The van der Waals surface area contributed by atoms with Gasteiger partial charge < -0.3 is 4.90 Å². The number of halogens is 3. The predicted molar refractivity (Wildman–Crippen MR) is 37.4 cm³/mol. The summed E-state index contributed by atoms with van der Waals surface area (Å²) in [5.41, 5.74) is 0. The number of hydrogen-bond acceptors (Lipinski definition) is 1. The highest BCUT2D eigenvalue weighted by atomic mass is 19.4. The fourth-order valence-corrected chi connectivity index (χ4v) is 0.423. The van der Waals surface area contributed by atoms with E-state index in [0.717, 1.165) is 6.20 Å². The highest BCUT2D eigenvalue weighted by molar-refractivity contribution is 5.55. The molecule has 0 atom stereocenters. The zero-order valence-corrected chi connectivity index (χ0v) is 6.26. The molecule has 0 aromatic heterocycles. The van der Waals surface area contributed by atoms with Crippen LogP contribution in [0, 0.1) is 0 Å². The van der Waals surface area contributed by atoms with Gasteiger partial charge in [0.1, 0.15) is 0 Å². The molecule has 64 valence electrons. The van der Waals surface area contributed by atoms with Crippen molar-refractivity contribution < 1.29 is 13.2 Å². The van der Waals surface area contributed by atoms with Crippen LogP contribution in [0.2, 0.25) is 0 Å². The van der Waals surface area contributed by atoms with Crippen molar-refractivity contribution in [1.82, 2.24) is 4.90 Å². The molecule has 0 aliphatic rings. The van der Waals surface area contributed by atoms with Crippen LogP contribution in [0.15, 0.2) is 17.3 Å². The summed E-state index contributed by atoms with van der Waals surface area (Å²) >= 11 is 0. The summed E-state index contributed by atoms with van der Waals surface area (Å²) in [5.74, 6) is 0. The fourth-order valence-electron chi connectivity index (χ4n) is 0.423. The fraction of sp³-hybridized carbons (Fsp3) is 0.500. The summed E-state index contributed by atoms with van der Waals surface area (Å²) in [6.45, 7) is 0. The van der Waals surface area contributed by atoms with E-state index in [2.05, 4.69) is 4.99 Å². The highest BCUT2D eigenvalue weighted by Crippen LogP contribution is 2.15. The van der Waals surface area contributed by atoms with Crippen molar-refractivity contribution in [3.8, 4) is 0 Å². The molecule has 0 aromatic carbocycles. The molecule has 0 spiro atoms. The third kappa shape index (κ3) is 6.89. The van der Waals surface area contributed by atoms with Gasteiger partial charge in [-0.25, -0.2) is 0 Å². The van der Waals surface area contributed by atoms with Crippen LogP contribution in [0.3, 0.4) is 0 Å². The first-order valence-corrected chi connectivity index (χ1v) is 2.86. The molecule has 0 amide bonds. The monoisotopic (exact) mass is 166 g/mol. The molecule has 0 bridgehead atoms. The molecule has 0 rings (SSSR count). The molecule has 0 saturated heterocycles. The van der Waals surface area contributed by atoms with Gasteiger partial charge in [0, 0.05) is 26.4 Å². The Hall–Kier alpha value is -1.00. The lowest BCUT2D eigenvalue weighted by Gasteiger charge is -2.05. The summed E-state index contributed by atoms with van der Waals surface area (Å²) in [4.78, 5) is 4.73. The van der Waals surface area contributed by atoms with E-state index >= 15 is 0 Å². The van der Waals surface area contributed by atoms with Crippen LogP contribution in [-0.4, -0.2) is 31.5 Å². The Balaban J connectivity index is 3.93. The van der Waals surface area contributed by atoms with Gasteiger partial charge in [-0.3, -0.25) is 4.99 Å². The minimum absolute atomic E-state index is 0.147. The minimum atomic E-state index is -4.25. The molecule has 0 aromatic rings. The zero-order chi connectivity index (χ0) is 8.91. The number of rotatable bonds is 2. The third-order valence-corrected chi connectivity index (χ3v) is 0.796. The molecular formula is C6H9F3N2. The van der Waals surface area contributed by atoms with Gasteiger partial charge in [-0.15, -0.1) is 0 Å². The van der Waals surface area contributed by atoms with Gasteiger partial charge in [0.2, 0.25) is 0 Å². The minimum Gasteiger partial charge on any atom is -0.342 e. The normalized spacial score (nSPS) is 13.2. The Morgan fingerprint density at radius 2 is 1.91 bits per heavy atom. The van der Waals surface area contributed by atoms with Crippen molar-refractivity contribution in [3.05, 3.63) is 12.3 Å². The van der Waals surface area contributed by atoms with Crippen LogP contribution >= 0.6 is 0 Å². The second-order valence-electron chi connectivity index (χ2n) is 1.90. The molecule has 5 heteroatoms. The van der Waals surface area contributed by atoms with Gasteiger partial charge >= 0.3 is 6.18 Å². The van der Waals surface area contributed by atoms with Crippen LogP contribution < -0.4 is 0 Å². The van der Waals surface area contributed by atoms with Gasteiger partial charge in [-0.1, -0.05) is 0 Å². The maximum absolute atomic E-state index is 11.5. The zero-order valence-electron chi connectivity index (χ0n) is 6.26. The topological polar surface area (TPSA) is 15.6 Å². The Kier molecular flexibility index (Phi) is 3.64. The maximum atomic E-state index is 11.5. The lowest BCUT2D eigenvalue weighted by molar-refractivity contribution is -0.0804. The number of aliphatic imine (C=N–C) groups is 1. The lowest BCUT2D eigenvalue weighted by atomic mass is 10.6. The molecule has 0 unspecified atom stereocenters. The van der Waals surface area contributed by atoms with E-state index in [9.17, 15) is 13.2 Å². The molecule has 0 N–H and O–H groups in total. The standard InChI is InChI=1S/C6H9F3N2/c1-10-5-11(2)4-3-6(7,8)9/h3-5H,1-2H3/b4-3+,10-5?. The first-order chi connectivity index (χ1) is 4.95. The first kappa shape index (κ1) is 10.0. The molecule has 0 fully saturated rings. The highest BCUT2D eigenvalue weighted by Gasteiger charge is 2.21. The van der Waals surface area contributed by atoms with Crippen molar-refractivity contribution in [3.63, 3.8) is 0 Å². The summed E-state index contributed by atoms with van der Waals surface area (Å²) in [6, 6.07) is 0. The lowest BCUT2D eigenvalue weighted by Crippen LogP contribution is -2.10. The van der Waals surface area contributed by atoms with Gasteiger partial charge in [0.05, 0.1) is 6.34 Å². The molecule has 0 saturated carbocycles. The van der Waals surface area contributed by atoms with Gasteiger partial charge in [-0.2, -0.15) is 13.2 Å². The first-order valence-electron chi connectivity index (χ1n) is 2.86. The largest absolute Gasteiger partial charge is 0.411 e. The average molecular weight is 166 g/mol. The van der Waals surface area contributed by atoms with Gasteiger partial charge in [0.15, 0.2) is 0 Å². The van der Waals surface area contributed by atoms with Gasteiger partial charge in [-0.05, 0) is 0 Å².